The summed E-state index contributed by atoms with van der Waals surface area (Å²) >= 11 is 2.70. The second-order valence-corrected chi connectivity index (χ2v) is 5.61. The van der Waals surface area contributed by atoms with Crippen LogP contribution < -0.4 is 5.73 Å². The highest BCUT2D eigenvalue weighted by molar-refractivity contribution is 8.02. The van der Waals surface area contributed by atoms with Gasteiger partial charge in [-0.25, -0.2) is 4.98 Å². The first kappa shape index (κ1) is 11.4. The van der Waals surface area contributed by atoms with Gasteiger partial charge in [0.1, 0.15) is 5.25 Å². The summed E-state index contributed by atoms with van der Waals surface area (Å²) in [6.07, 6.45) is 0. The van der Waals surface area contributed by atoms with Crippen LogP contribution in [0.2, 0.25) is 0 Å². The molecule has 6 heteroatoms. The van der Waals surface area contributed by atoms with E-state index in [2.05, 4.69) is 4.98 Å². The molecule has 1 heterocycles. The molecular formula is C10H10N2O2S2. The Labute approximate surface area is 100 Å². The van der Waals surface area contributed by atoms with Crippen molar-refractivity contribution in [2.45, 2.75) is 9.59 Å². The highest BCUT2D eigenvalue weighted by Gasteiger charge is 2.18. The SMILES string of the molecule is NCC(Sc1nc2ccccc2s1)C(=O)O. The molecule has 0 aliphatic heterocycles. The van der Waals surface area contributed by atoms with Crippen molar-refractivity contribution in [2.75, 3.05) is 6.54 Å². The molecule has 2 rings (SSSR count). The zero-order valence-corrected chi connectivity index (χ0v) is 9.92. The van der Waals surface area contributed by atoms with Crippen molar-refractivity contribution in [2.24, 2.45) is 5.73 Å². The van der Waals surface area contributed by atoms with Gasteiger partial charge in [0.05, 0.1) is 10.2 Å². The van der Waals surface area contributed by atoms with Gasteiger partial charge >= 0.3 is 5.97 Å². The van der Waals surface area contributed by atoms with E-state index in [4.69, 9.17) is 10.8 Å². The van der Waals surface area contributed by atoms with Crippen molar-refractivity contribution < 1.29 is 9.90 Å². The van der Waals surface area contributed by atoms with E-state index in [0.717, 1.165) is 14.6 Å². The van der Waals surface area contributed by atoms with E-state index in [0.29, 0.717) is 0 Å². The maximum atomic E-state index is 10.8. The summed E-state index contributed by atoms with van der Waals surface area (Å²) in [7, 11) is 0. The lowest BCUT2D eigenvalue weighted by atomic mass is 10.3. The van der Waals surface area contributed by atoms with Gasteiger partial charge < -0.3 is 10.8 Å². The molecule has 16 heavy (non-hydrogen) atoms. The van der Waals surface area contributed by atoms with Crippen LogP contribution in [0, 0.1) is 0 Å². The Morgan fingerprint density at radius 1 is 1.56 bits per heavy atom. The number of carboxylic acid groups (broad SMARTS) is 1. The van der Waals surface area contributed by atoms with Crippen molar-refractivity contribution in [3.63, 3.8) is 0 Å². The van der Waals surface area contributed by atoms with Gasteiger partial charge in [-0.15, -0.1) is 11.3 Å². The second kappa shape index (κ2) is 4.82. The summed E-state index contributed by atoms with van der Waals surface area (Å²) in [6.45, 7) is 0.107. The summed E-state index contributed by atoms with van der Waals surface area (Å²) in [5, 5.41) is 8.26. The molecule has 1 unspecified atom stereocenters. The van der Waals surface area contributed by atoms with Gasteiger partial charge in [0.15, 0.2) is 4.34 Å². The zero-order valence-electron chi connectivity index (χ0n) is 8.29. The normalized spacial score (nSPS) is 12.8. The van der Waals surface area contributed by atoms with Gasteiger partial charge in [-0.3, -0.25) is 4.79 Å². The number of thiazole rings is 1. The van der Waals surface area contributed by atoms with Gasteiger partial charge in [-0.2, -0.15) is 0 Å². The molecule has 1 aromatic carbocycles. The monoisotopic (exact) mass is 254 g/mol. The van der Waals surface area contributed by atoms with Gasteiger partial charge in [0.2, 0.25) is 0 Å². The molecule has 1 aromatic heterocycles. The molecule has 0 fully saturated rings. The fourth-order valence-electron chi connectivity index (χ4n) is 1.22. The van der Waals surface area contributed by atoms with Crippen molar-refractivity contribution in [3.05, 3.63) is 24.3 Å². The number of aromatic nitrogens is 1. The number of carbonyl (C=O) groups is 1. The number of hydrogen-bond donors (Lipinski definition) is 2. The minimum absolute atomic E-state index is 0.107. The summed E-state index contributed by atoms with van der Waals surface area (Å²) in [5.74, 6) is -0.897. The molecular weight excluding hydrogens is 244 g/mol. The lowest BCUT2D eigenvalue weighted by Gasteiger charge is -2.05. The fourth-order valence-corrected chi connectivity index (χ4v) is 3.32. The lowest BCUT2D eigenvalue weighted by molar-refractivity contribution is -0.136. The third-order valence-corrected chi connectivity index (χ3v) is 4.35. The maximum absolute atomic E-state index is 10.8. The second-order valence-electron chi connectivity index (χ2n) is 3.13. The van der Waals surface area contributed by atoms with Crippen LogP contribution in [-0.2, 0) is 4.79 Å². The summed E-state index contributed by atoms with van der Waals surface area (Å²) < 4.78 is 1.81. The molecule has 0 saturated carbocycles. The molecule has 0 aliphatic carbocycles. The Kier molecular flexibility index (Phi) is 3.42. The van der Waals surface area contributed by atoms with Gasteiger partial charge in [-0.05, 0) is 12.1 Å². The quantitative estimate of drug-likeness (QED) is 0.814. The fraction of sp³-hybridized carbons (Fsp3) is 0.200. The average molecular weight is 254 g/mol. The van der Waals surface area contributed by atoms with Gasteiger partial charge in [0, 0.05) is 6.54 Å². The van der Waals surface area contributed by atoms with E-state index >= 15 is 0 Å². The first-order valence-electron chi connectivity index (χ1n) is 4.66. The molecule has 0 bridgehead atoms. The number of fused-ring (bicyclic) bond motifs is 1. The maximum Gasteiger partial charge on any atom is 0.318 e. The van der Waals surface area contributed by atoms with Crippen LogP contribution in [0.1, 0.15) is 0 Å². The number of carboxylic acids is 1. The predicted molar refractivity (Wildman–Crippen MR) is 66.0 cm³/mol. The first-order chi connectivity index (χ1) is 7.70. The number of para-hydroxylation sites is 1. The van der Waals surface area contributed by atoms with E-state index in [1.165, 1.54) is 23.1 Å². The topological polar surface area (TPSA) is 76.2 Å². The van der Waals surface area contributed by atoms with E-state index in [-0.39, 0.29) is 6.54 Å². The van der Waals surface area contributed by atoms with Crippen LogP contribution in [0.3, 0.4) is 0 Å². The predicted octanol–water partition coefficient (Wildman–Crippen LogP) is 1.80. The first-order valence-corrected chi connectivity index (χ1v) is 6.35. The van der Waals surface area contributed by atoms with E-state index in [1.807, 2.05) is 24.3 Å². The van der Waals surface area contributed by atoms with E-state index in [9.17, 15) is 4.79 Å². The molecule has 0 aliphatic rings. The van der Waals surface area contributed by atoms with Crippen LogP contribution in [0.5, 0.6) is 0 Å². The van der Waals surface area contributed by atoms with Crippen molar-refractivity contribution in [1.82, 2.24) is 4.98 Å². The molecule has 3 N–H and O–H groups in total. The largest absolute Gasteiger partial charge is 0.480 e. The minimum Gasteiger partial charge on any atom is -0.480 e. The number of thioether (sulfide) groups is 1. The van der Waals surface area contributed by atoms with Crippen LogP contribution in [0.4, 0.5) is 0 Å². The Morgan fingerprint density at radius 3 is 2.94 bits per heavy atom. The number of aliphatic carboxylic acids is 1. The van der Waals surface area contributed by atoms with Crippen LogP contribution in [0.15, 0.2) is 28.6 Å². The Morgan fingerprint density at radius 2 is 2.31 bits per heavy atom. The smallest absolute Gasteiger partial charge is 0.318 e. The number of nitrogens with zero attached hydrogens (tertiary/aromatic N) is 1. The molecule has 84 valence electrons. The standard InChI is InChI=1S/C10H10N2O2S2/c11-5-8(9(13)14)16-10-12-6-3-1-2-4-7(6)15-10/h1-4,8H,5,11H2,(H,13,14). The lowest BCUT2D eigenvalue weighted by Crippen LogP contribution is -2.25. The highest BCUT2D eigenvalue weighted by Crippen LogP contribution is 2.31. The molecule has 1 atom stereocenters. The van der Waals surface area contributed by atoms with Crippen molar-refractivity contribution >= 4 is 39.3 Å². The van der Waals surface area contributed by atoms with Crippen molar-refractivity contribution in [1.29, 1.82) is 0 Å². The summed E-state index contributed by atoms with van der Waals surface area (Å²) in [4.78, 5) is 15.2. The Balaban J connectivity index is 2.24. The van der Waals surface area contributed by atoms with Crippen molar-refractivity contribution in [3.8, 4) is 0 Å². The molecule has 0 spiro atoms. The van der Waals surface area contributed by atoms with E-state index < -0.39 is 11.2 Å². The summed E-state index contributed by atoms with van der Waals surface area (Å²) in [6, 6.07) is 7.73. The number of rotatable bonds is 4. The third-order valence-electron chi connectivity index (χ3n) is 2.01. The Hall–Kier alpha value is -1.11. The average Bonchev–Trinajstić information content (AvgIpc) is 2.67. The van der Waals surface area contributed by atoms with Crippen LogP contribution in [0.25, 0.3) is 10.2 Å². The molecule has 0 saturated heterocycles. The highest BCUT2D eigenvalue weighted by atomic mass is 32.2. The molecule has 4 nitrogen and oxygen atoms in total. The Bertz CT molecular complexity index is 479. The van der Waals surface area contributed by atoms with Crippen LogP contribution in [-0.4, -0.2) is 27.9 Å². The number of hydrogen-bond acceptors (Lipinski definition) is 5. The minimum atomic E-state index is -0.897. The number of nitrogens with two attached hydrogens (primary N) is 1. The van der Waals surface area contributed by atoms with Crippen LogP contribution >= 0.6 is 23.1 Å². The van der Waals surface area contributed by atoms with Gasteiger partial charge in [-0.1, -0.05) is 23.9 Å². The summed E-state index contributed by atoms with van der Waals surface area (Å²) in [5.41, 5.74) is 6.29. The third kappa shape index (κ3) is 2.34. The van der Waals surface area contributed by atoms with E-state index in [1.54, 1.807) is 0 Å². The van der Waals surface area contributed by atoms with Gasteiger partial charge in [0.25, 0.3) is 0 Å². The molecule has 0 amide bonds. The molecule has 2 aromatic rings. The number of benzene rings is 1. The molecule has 0 radical (unpaired) electrons. The zero-order chi connectivity index (χ0) is 11.5.